The van der Waals surface area contributed by atoms with Crippen molar-refractivity contribution < 1.29 is 4.79 Å². The number of nitrogens with zero attached hydrogens (tertiary/aromatic N) is 1. The molecule has 3 fully saturated rings. The van der Waals surface area contributed by atoms with Crippen molar-refractivity contribution in [3.05, 3.63) is 0 Å². The van der Waals surface area contributed by atoms with Gasteiger partial charge in [-0.15, -0.1) is 0 Å². The monoisotopic (exact) mass is 278 g/mol. The van der Waals surface area contributed by atoms with E-state index in [-0.39, 0.29) is 5.41 Å². The van der Waals surface area contributed by atoms with Gasteiger partial charge in [0.2, 0.25) is 5.91 Å². The molecule has 3 heteroatoms. The van der Waals surface area contributed by atoms with Crippen LogP contribution in [0.3, 0.4) is 0 Å². The lowest BCUT2D eigenvalue weighted by molar-refractivity contribution is -0.146. The molecule has 1 spiro atoms. The third-order valence-electron chi connectivity index (χ3n) is 6.43. The smallest absolute Gasteiger partial charge is 0.230 e. The Bertz CT molecular complexity index is 344. The maximum absolute atomic E-state index is 13.0. The van der Waals surface area contributed by atoms with Gasteiger partial charge in [0.05, 0.1) is 5.41 Å². The molecule has 1 heterocycles. The Hall–Kier alpha value is -0.570. The minimum atomic E-state index is -0.210. The van der Waals surface area contributed by atoms with Gasteiger partial charge in [0.1, 0.15) is 0 Å². The lowest BCUT2D eigenvalue weighted by Gasteiger charge is -2.44. The lowest BCUT2D eigenvalue weighted by atomic mass is 9.71. The fourth-order valence-electron chi connectivity index (χ4n) is 4.88. The van der Waals surface area contributed by atoms with E-state index in [4.69, 9.17) is 5.73 Å². The van der Waals surface area contributed by atoms with Gasteiger partial charge in [-0.25, -0.2) is 0 Å². The first kappa shape index (κ1) is 14.4. The van der Waals surface area contributed by atoms with Crippen LogP contribution in [0.25, 0.3) is 0 Å². The van der Waals surface area contributed by atoms with Crippen molar-refractivity contribution in [2.24, 2.45) is 16.6 Å². The summed E-state index contributed by atoms with van der Waals surface area (Å²) in [7, 11) is 0. The quantitative estimate of drug-likeness (QED) is 0.843. The number of hydrogen-bond donors (Lipinski definition) is 1. The van der Waals surface area contributed by atoms with Gasteiger partial charge in [0, 0.05) is 19.6 Å². The molecule has 1 amide bonds. The van der Waals surface area contributed by atoms with Crippen molar-refractivity contribution in [1.82, 2.24) is 4.90 Å². The first-order chi connectivity index (χ1) is 9.70. The number of carbonyl (C=O) groups excluding carboxylic acids is 1. The molecule has 1 aliphatic heterocycles. The van der Waals surface area contributed by atoms with E-state index in [1.54, 1.807) is 0 Å². The summed E-state index contributed by atoms with van der Waals surface area (Å²) in [5, 5.41) is 0. The van der Waals surface area contributed by atoms with Gasteiger partial charge in [-0.05, 0) is 43.9 Å². The summed E-state index contributed by atoms with van der Waals surface area (Å²) in [6, 6.07) is 0. The SMILES string of the molecule is NCC1(C(=O)N2CCC3(CCCC3)CC2)CCCCC1. The van der Waals surface area contributed by atoms with Crippen molar-refractivity contribution in [2.45, 2.75) is 70.6 Å². The predicted molar refractivity (Wildman–Crippen MR) is 81.3 cm³/mol. The number of rotatable bonds is 2. The summed E-state index contributed by atoms with van der Waals surface area (Å²) in [5.41, 5.74) is 6.40. The zero-order chi connectivity index (χ0) is 14.1. The zero-order valence-electron chi connectivity index (χ0n) is 12.8. The Morgan fingerprint density at radius 3 is 1.95 bits per heavy atom. The molecule has 0 aromatic rings. The van der Waals surface area contributed by atoms with Crippen LogP contribution in [0.5, 0.6) is 0 Å². The number of nitrogens with two attached hydrogens (primary N) is 1. The van der Waals surface area contributed by atoms with E-state index in [0.29, 0.717) is 17.9 Å². The van der Waals surface area contributed by atoms with Gasteiger partial charge in [-0.1, -0.05) is 32.1 Å². The van der Waals surface area contributed by atoms with Crippen LogP contribution in [0.4, 0.5) is 0 Å². The van der Waals surface area contributed by atoms with Crippen molar-refractivity contribution in [3.63, 3.8) is 0 Å². The molecular formula is C17H30N2O. The Morgan fingerprint density at radius 1 is 0.850 bits per heavy atom. The molecule has 0 aromatic carbocycles. The third kappa shape index (κ3) is 2.49. The van der Waals surface area contributed by atoms with Crippen LogP contribution in [0, 0.1) is 10.8 Å². The lowest BCUT2D eigenvalue weighted by Crippen LogP contribution is -2.52. The molecule has 2 aliphatic carbocycles. The first-order valence-electron chi connectivity index (χ1n) is 8.69. The molecule has 2 N–H and O–H groups in total. The summed E-state index contributed by atoms with van der Waals surface area (Å²) in [6.45, 7) is 2.52. The predicted octanol–water partition coefficient (Wildman–Crippen LogP) is 3.08. The highest BCUT2D eigenvalue weighted by molar-refractivity contribution is 5.83. The summed E-state index contributed by atoms with van der Waals surface area (Å²) in [5.74, 6) is 0.382. The number of hydrogen-bond acceptors (Lipinski definition) is 2. The molecule has 3 rings (SSSR count). The molecule has 114 valence electrons. The summed E-state index contributed by atoms with van der Waals surface area (Å²) < 4.78 is 0. The van der Waals surface area contributed by atoms with Crippen LogP contribution >= 0.6 is 0 Å². The van der Waals surface area contributed by atoms with Gasteiger partial charge in [-0.3, -0.25) is 4.79 Å². The Kier molecular flexibility index (Phi) is 4.07. The number of amides is 1. The Balaban J connectivity index is 1.63. The molecule has 20 heavy (non-hydrogen) atoms. The zero-order valence-corrected chi connectivity index (χ0v) is 12.8. The maximum atomic E-state index is 13.0. The summed E-state index contributed by atoms with van der Waals surface area (Å²) in [6.07, 6.45) is 13.8. The molecule has 0 atom stereocenters. The van der Waals surface area contributed by atoms with Gasteiger partial charge >= 0.3 is 0 Å². The third-order valence-corrected chi connectivity index (χ3v) is 6.43. The minimum absolute atomic E-state index is 0.210. The first-order valence-corrected chi connectivity index (χ1v) is 8.69. The van der Waals surface area contributed by atoms with Gasteiger partial charge in [0.15, 0.2) is 0 Å². The van der Waals surface area contributed by atoms with Gasteiger partial charge in [0.25, 0.3) is 0 Å². The molecule has 0 aromatic heterocycles. The van der Waals surface area contributed by atoms with Crippen LogP contribution in [-0.2, 0) is 4.79 Å². The van der Waals surface area contributed by atoms with E-state index in [2.05, 4.69) is 4.90 Å². The largest absolute Gasteiger partial charge is 0.342 e. The van der Waals surface area contributed by atoms with Crippen LogP contribution in [0.1, 0.15) is 70.6 Å². The summed E-state index contributed by atoms with van der Waals surface area (Å²) >= 11 is 0. The normalized spacial score (nSPS) is 28.8. The average Bonchev–Trinajstić information content (AvgIpc) is 2.96. The van der Waals surface area contributed by atoms with Gasteiger partial charge in [-0.2, -0.15) is 0 Å². The second kappa shape index (κ2) is 5.67. The summed E-state index contributed by atoms with van der Waals surface area (Å²) in [4.78, 5) is 15.1. The average molecular weight is 278 g/mol. The molecular weight excluding hydrogens is 248 g/mol. The maximum Gasteiger partial charge on any atom is 0.230 e. The fraction of sp³-hybridized carbons (Fsp3) is 0.941. The number of carbonyl (C=O) groups is 1. The topological polar surface area (TPSA) is 46.3 Å². The second-order valence-electron chi connectivity index (χ2n) is 7.54. The van der Waals surface area contributed by atoms with Crippen molar-refractivity contribution in [3.8, 4) is 0 Å². The molecule has 0 bridgehead atoms. The van der Waals surface area contributed by atoms with Crippen LogP contribution in [0.2, 0.25) is 0 Å². The molecule has 0 radical (unpaired) electrons. The van der Waals surface area contributed by atoms with Gasteiger partial charge < -0.3 is 10.6 Å². The molecule has 1 saturated heterocycles. The van der Waals surface area contributed by atoms with E-state index >= 15 is 0 Å². The minimum Gasteiger partial charge on any atom is -0.342 e. The highest BCUT2D eigenvalue weighted by atomic mass is 16.2. The second-order valence-corrected chi connectivity index (χ2v) is 7.54. The number of likely N-dealkylation sites (tertiary alicyclic amines) is 1. The van der Waals surface area contributed by atoms with Crippen LogP contribution in [0.15, 0.2) is 0 Å². The van der Waals surface area contributed by atoms with Crippen molar-refractivity contribution in [1.29, 1.82) is 0 Å². The van der Waals surface area contributed by atoms with E-state index in [1.165, 1.54) is 57.8 Å². The highest BCUT2D eigenvalue weighted by Gasteiger charge is 2.44. The fourth-order valence-corrected chi connectivity index (χ4v) is 4.88. The van der Waals surface area contributed by atoms with E-state index in [0.717, 1.165) is 25.9 Å². The van der Waals surface area contributed by atoms with Crippen molar-refractivity contribution in [2.75, 3.05) is 19.6 Å². The molecule has 2 saturated carbocycles. The van der Waals surface area contributed by atoms with E-state index in [1.807, 2.05) is 0 Å². The Morgan fingerprint density at radius 2 is 1.40 bits per heavy atom. The van der Waals surface area contributed by atoms with E-state index < -0.39 is 0 Å². The van der Waals surface area contributed by atoms with Crippen molar-refractivity contribution >= 4 is 5.91 Å². The molecule has 3 aliphatic rings. The Labute approximate surface area is 123 Å². The number of piperidine rings is 1. The van der Waals surface area contributed by atoms with Crippen LogP contribution in [-0.4, -0.2) is 30.4 Å². The molecule has 3 nitrogen and oxygen atoms in total. The van der Waals surface area contributed by atoms with Crippen LogP contribution < -0.4 is 5.73 Å². The van der Waals surface area contributed by atoms with E-state index in [9.17, 15) is 4.79 Å². The molecule has 0 unspecified atom stereocenters. The standard InChI is InChI=1S/C17H30N2O/c18-14-17(8-2-1-3-9-17)15(20)19-12-10-16(11-13-19)6-4-5-7-16/h1-14,18H2. The highest BCUT2D eigenvalue weighted by Crippen LogP contribution is 2.47.